The SMILES string of the molecule is COc1cc(OC)c(C(=O)N2CCCN(CC(F)(F)F)CC2)cc1OC. The zero-order valence-electron chi connectivity index (χ0n) is 15.1. The van der Waals surface area contributed by atoms with Gasteiger partial charge in [-0.1, -0.05) is 0 Å². The van der Waals surface area contributed by atoms with Gasteiger partial charge in [0.25, 0.3) is 5.91 Å². The molecule has 1 aromatic carbocycles. The molecule has 0 unspecified atom stereocenters. The Morgan fingerprint density at radius 3 is 2.15 bits per heavy atom. The number of carbonyl (C=O) groups excluding carboxylic acids is 1. The van der Waals surface area contributed by atoms with Gasteiger partial charge in [-0.15, -0.1) is 0 Å². The molecule has 9 heteroatoms. The predicted octanol–water partition coefficient (Wildman–Crippen LogP) is 2.42. The molecule has 0 saturated carbocycles. The van der Waals surface area contributed by atoms with E-state index in [1.165, 1.54) is 32.3 Å². The molecule has 1 heterocycles. The van der Waals surface area contributed by atoms with Crippen molar-refractivity contribution < 1.29 is 32.2 Å². The van der Waals surface area contributed by atoms with Crippen molar-refractivity contribution in [3.8, 4) is 17.2 Å². The van der Waals surface area contributed by atoms with Crippen molar-refractivity contribution in [3.05, 3.63) is 17.7 Å². The molecule has 1 fully saturated rings. The summed E-state index contributed by atoms with van der Waals surface area (Å²) < 4.78 is 53.4. The van der Waals surface area contributed by atoms with Crippen molar-refractivity contribution in [1.29, 1.82) is 0 Å². The summed E-state index contributed by atoms with van der Waals surface area (Å²) >= 11 is 0. The van der Waals surface area contributed by atoms with Gasteiger partial charge < -0.3 is 19.1 Å². The van der Waals surface area contributed by atoms with E-state index in [-0.39, 0.29) is 24.6 Å². The Morgan fingerprint density at radius 1 is 0.962 bits per heavy atom. The maximum atomic E-state index is 12.9. The summed E-state index contributed by atoms with van der Waals surface area (Å²) in [6, 6.07) is 3.08. The van der Waals surface area contributed by atoms with Crippen molar-refractivity contribution in [3.63, 3.8) is 0 Å². The fourth-order valence-electron chi connectivity index (χ4n) is 2.95. The molecular formula is C17H23F3N2O4. The second-order valence-corrected chi connectivity index (χ2v) is 5.94. The van der Waals surface area contributed by atoms with Crippen molar-refractivity contribution in [1.82, 2.24) is 9.80 Å². The molecule has 0 bridgehead atoms. The lowest BCUT2D eigenvalue weighted by Crippen LogP contribution is -2.38. The minimum Gasteiger partial charge on any atom is -0.496 e. The molecule has 26 heavy (non-hydrogen) atoms. The Kier molecular flexibility index (Phi) is 6.57. The van der Waals surface area contributed by atoms with Gasteiger partial charge in [-0.2, -0.15) is 13.2 Å². The van der Waals surface area contributed by atoms with E-state index in [1.807, 2.05) is 0 Å². The van der Waals surface area contributed by atoms with Gasteiger partial charge >= 0.3 is 6.18 Å². The molecule has 1 amide bonds. The summed E-state index contributed by atoms with van der Waals surface area (Å²) in [6.45, 7) is 0.0963. The summed E-state index contributed by atoms with van der Waals surface area (Å²) in [5.41, 5.74) is 0.287. The number of ether oxygens (including phenoxy) is 3. The molecule has 0 atom stereocenters. The Bertz CT molecular complexity index is 637. The Labute approximate surface area is 150 Å². The van der Waals surface area contributed by atoms with E-state index < -0.39 is 12.7 Å². The number of hydrogen-bond donors (Lipinski definition) is 0. The second kappa shape index (κ2) is 8.48. The topological polar surface area (TPSA) is 51.2 Å². The van der Waals surface area contributed by atoms with E-state index in [4.69, 9.17) is 14.2 Å². The largest absolute Gasteiger partial charge is 0.496 e. The molecular weight excluding hydrogens is 353 g/mol. The van der Waals surface area contributed by atoms with Crippen LogP contribution in [0.4, 0.5) is 13.2 Å². The fraction of sp³-hybridized carbons (Fsp3) is 0.588. The second-order valence-electron chi connectivity index (χ2n) is 5.94. The van der Waals surface area contributed by atoms with E-state index in [0.29, 0.717) is 36.8 Å². The van der Waals surface area contributed by atoms with E-state index >= 15 is 0 Å². The maximum Gasteiger partial charge on any atom is 0.401 e. The summed E-state index contributed by atoms with van der Waals surface area (Å²) in [6.07, 6.45) is -3.77. The minimum atomic E-state index is -4.24. The molecule has 1 saturated heterocycles. The lowest BCUT2D eigenvalue weighted by molar-refractivity contribution is -0.145. The number of rotatable bonds is 5. The first-order chi connectivity index (χ1) is 12.3. The van der Waals surface area contributed by atoms with Gasteiger partial charge in [-0.25, -0.2) is 0 Å². The third-order valence-corrected chi connectivity index (χ3v) is 4.21. The van der Waals surface area contributed by atoms with Crippen molar-refractivity contribution in [2.24, 2.45) is 0 Å². The van der Waals surface area contributed by atoms with Crippen LogP contribution < -0.4 is 14.2 Å². The smallest absolute Gasteiger partial charge is 0.401 e. The van der Waals surface area contributed by atoms with E-state index in [1.54, 1.807) is 11.0 Å². The molecule has 0 N–H and O–H groups in total. The Balaban J connectivity index is 2.18. The molecule has 0 spiro atoms. The number of alkyl halides is 3. The van der Waals surface area contributed by atoms with Crippen molar-refractivity contribution in [2.45, 2.75) is 12.6 Å². The normalized spacial score (nSPS) is 16.2. The zero-order valence-corrected chi connectivity index (χ0v) is 15.1. The first kappa shape index (κ1) is 20.2. The summed E-state index contributed by atoms with van der Waals surface area (Å²) in [7, 11) is 4.37. The molecule has 0 aromatic heterocycles. The van der Waals surface area contributed by atoms with Gasteiger partial charge in [-0.05, 0) is 6.42 Å². The molecule has 6 nitrogen and oxygen atoms in total. The molecule has 0 radical (unpaired) electrons. The Hall–Kier alpha value is -2.16. The third-order valence-electron chi connectivity index (χ3n) is 4.21. The maximum absolute atomic E-state index is 12.9. The molecule has 2 rings (SSSR count). The highest BCUT2D eigenvalue weighted by atomic mass is 19.4. The van der Waals surface area contributed by atoms with Crippen LogP contribution in [0.25, 0.3) is 0 Å². The van der Waals surface area contributed by atoms with Gasteiger partial charge in [-0.3, -0.25) is 9.69 Å². The van der Waals surface area contributed by atoms with Crippen LogP contribution in [0.2, 0.25) is 0 Å². The number of hydrogen-bond acceptors (Lipinski definition) is 5. The molecule has 146 valence electrons. The van der Waals surface area contributed by atoms with Crippen LogP contribution in [0.3, 0.4) is 0 Å². The summed E-state index contributed by atoms with van der Waals surface area (Å²) in [5.74, 6) is 0.819. The molecule has 0 aliphatic carbocycles. The first-order valence-electron chi connectivity index (χ1n) is 8.17. The number of benzene rings is 1. The number of methoxy groups -OCH3 is 3. The van der Waals surface area contributed by atoms with E-state index in [2.05, 4.69) is 0 Å². The van der Waals surface area contributed by atoms with Gasteiger partial charge in [0.15, 0.2) is 11.5 Å². The van der Waals surface area contributed by atoms with Crippen LogP contribution in [0.5, 0.6) is 17.2 Å². The van der Waals surface area contributed by atoms with Crippen LogP contribution in [-0.4, -0.2) is 75.9 Å². The monoisotopic (exact) mass is 376 g/mol. The lowest BCUT2D eigenvalue weighted by atomic mass is 10.1. The van der Waals surface area contributed by atoms with Crippen molar-refractivity contribution >= 4 is 5.91 Å². The number of nitrogens with zero attached hydrogens (tertiary/aromatic N) is 2. The van der Waals surface area contributed by atoms with Crippen LogP contribution in [0, 0.1) is 0 Å². The zero-order chi connectivity index (χ0) is 19.3. The van der Waals surface area contributed by atoms with Crippen LogP contribution >= 0.6 is 0 Å². The number of amides is 1. The molecule has 1 aromatic rings. The van der Waals surface area contributed by atoms with Crippen molar-refractivity contribution in [2.75, 3.05) is 54.1 Å². The van der Waals surface area contributed by atoms with Gasteiger partial charge in [0, 0.05) is 38.3 Å². The van der Waals surface area contributed by atoms with Gasteiger partial charge in [0.05, 0.1) is 33.4 Å². The van der Waals surface area contributed by atoms with Crippen LogP contribution in [-0.2, 0) is 0 Å². The van der Waals surface area contributed by atoms with Gasteiger partial charge in [0.1, 0.15) is 5.75 Å². The van der Waals surface area contributed by atoms with E-state index in [0.717, 1.165) is 0 Å². The lowest BCUT2D eigenvalue weighted by Gasteiger charge is -2.23. The number of carbonyl (C=O) groups is 1. The van der Waals surface area contributed by atoms with Gasteiger partial charge in [0.2, 0.25) is 0 Å². The van der Waals surface area contributed by atoms with E-state index in [9.17, 15) is 18.0 Å². The number of halogens is 3. The standard InChI is InChI=1S/C17H23F3N2O4/c1-24-13-10-15(26-3)14(25-2)9-12(13)16(23)22-6-4-5-21(7-8-22)11-17(18,19)20/h9-10H,4-8,11H2,1-3H3. The highest BCUT2D eigenvalue weighted by molar-refractivity contribution is 5.97. The third kappa shape index (κ3) is 4.94. The van der Waals surface area contributed by atoms with Crippen LogP contribution in [0.15, 0.2) is 12.1 Å². The highest BCUT2D eigenvalue weighted by Gasteiger charge is 2.32. The predicted molar refractivity (Wildman–Crippen MR) is 89.1 cm³/mol. The first-order valence-corrected chi connectivity index (χ1v) is 8.17. The highest BCUT2D eigenvalue weighted by Crippen LogP contribution is 2.35. The summed E-state index contributed by atoms with van der Waals surface area (Å²) in [5, 5.41) is 0. The average Bonchev–Trinajstić information content (AvgIpc) is 2.83. The van der Waals surface area contributed by atoms with Crippen LogP contribution in [0.1, 0.15) is 16.8 Å². The molecule has 1 aliphatic rings. The Morgan fingerprint density at radius 2 is 1.58 bits per heavy atom. The fourth-order valence-corrected chi connectivity index (χ4v) is 2.95. The minimum absolute atomic E-state index is 0.168. The molecule has 1 aliphatic heterocycles. The quantitative estimate of drug-likeness (QED) is 0.790. The average molecular weight is 376 g/mol. The summed E-state index contributed by atoms with van der Waals surface area (Å²) in [4.78, 5) is 15.8.